The first-order chi connectivity index (χ1) is 11.3. The number of carbonyl (C=O) groups excluding carboxylic acids is 1. The molecule has 1 aromatic carbocycles. The van der Waals surface area contributed by atoms with E-state index in [1.54, 1.807) is 17.1 Å². The number of aromatic amines is 1. The second-order valence-electron chi connectivity index (χ2n) is 4.67. The van der Waals surface area contributed by atoms with Crippen molar-refractivity contribution in [2.45, 2.75) is 5.75 Å². The first kappa shape index (κ1) is 15.7. The van der Waals surface area contributed by atoms with Crippen molar-refractivity contribution in [1.82, 2.24) is 25.5 Å². The summed E-state index contributed by atoms with van der Waals surface area (Å²) in [4.78, 5) is 20.3. The van der Waals surface area contributed by atoms with Crippen molar-refractivity contribution in [3.05, 3.63) is 53.3 Å². The number of rotatable bonds is 7. The zero-order valence-corrected chi connectivity index (χ0v) is 13.9. The molecule has 0 aliphatic heterocycles. The highest BCUT2D eigenvalue weighted by Crippen LogP contribution is 2.19. The third-order valence-corrected chi connectivity index (χ3v) is 4.88. The summed E-state index contributed by atoms with van der Waals surface area (Å²) in [7, 11) is 0. The molecule has 0 saturated carbocycles. The van der Waals surface area contributed by atoms with E-state index in [0.29, 0.717) is 23.1 Å². The van der Waals surface area contributed by atoms with E-state index in [1.165, 1.54) is 23.2 Å². The SMILES string of the molecule is O=C(NCCSCc1ccccc1)c1csc(-c2ncn[nH]2)n1. The molecule has 8 heteroatoms. The van der Waals surface area contributed by atoms with Gasteiger partial charge in [-0.2, -0.15) is 16.9 Å². The zero-order valence-electron chi connectivity index (χ0n) is 12.2. The van der Waals surface area contributed by atoms with Gasteiger partial charge in [-0.05, 0) is 5.56 Å². The van der Waals surface area contributed by atoms with Crippen LogP contribution in [0.1, 0.15) is 16.1 Å². The summed E-state index contributed by atoms with van der Waals surface area (Å²) in [6.07, 6.45) is 1.42. The molecule has 0 saturated heterocycles. The molecule has 0 fully saturated rings. The van der Waals surface area contributed by atoms with Gasteiger partial charge in [0.25, 0.3) is 5.91 Å². The molecular weight excluding hydrogens is 330 g/mol. The van der Waals surface area contributed by atoms with Gasteiger partial charge in [-0.1, -0.05) is 30.3 Å². The monoisotopic (exact) mass is 345 g/mol. The standard InChI is InChI=1S/C15H15N5OS2/c21-14(12-9-23-15(19-12)13-17-10-18-20-13)16-6-7-22-8-11-4-2-1-3-5-11/h1-5,9-10H,6-8H2,(H,16,21)(H,17,18,20). The highest BCUT2D eigenvalue weighted by molar-refractivity contribution is 7.98. The second kappa shape index (κ2) is 7.89. The molecule has 118 valence electrons. The summed E-state index contributed by atoms with van der Waals surface area (Å²) in [5.41, 5.74) is 1.70. The van der Waals surface area contributed by atoms with Gasteiger partial charge in [-0.25, -0.2) is 9.97 Å². The number of carbonyl (C=O) groups is 1. The van der Waals surface area contributed by atoms with Gasteiger partial charge in [0.15, 0.2) is 10.8 Å². The Balaban J connectivity index is 1.41. The minimum atomic E-state index is -0.160. The van der Waals surface area contributed by atoms with E-state index < -0.39 is 0 Å². The van der Waals surface area contributed by atoms with E-state index >= 15 is 0 Å². The largest absolute Gasteiger partial charge is 0.350 e. The van der Waals surface area contributed by atoms with E-state index in [1.807, 2.05) is 18.2 Å². The van der Waals surface area contributed by atoms with Crippen LogP contribution in [-0.4, -0.2) is 38.4 Å². The minimum absolute atomic E-state index is 0.160. The number of hydrogen-bond donors (Lipinski definition) is 2. The van der Waals surface area contributed by atoms with Crippen LogP contribution in [0.25, 0.3) is 10.8 Å². The van der Waals surface area contributed by atoms with Crippen molar-refractivity contribution in [2.75, 3.05) is 12.3 Å². The Morgan fingerprint density at radius 2 is 2.17 bits per heavy atom. The number of amides is 1. The molecule has 6 nitrogen and oxygen atoms in total. The van der Waals surface area contributed by atoms with Gasteiger partial charge in [0.1, 0.15) is 12.0 Å². The van der Waals surface area contributed by atoms with E-state index in [0.717, 1.165) is 11.5 Å². The van der Waals surface area contributed by atoms with Gasteiger partial charge < -0.3 is 5.32 Å². The molecule has 0 spiro atoms. The van der Waals surface area contributed by atoms with E-state index in [2.05, 4.69) is 37.6 Å². The number of thioether (sulfide) groups is 1. The number of hydrogen-bond acceptors (Lipinski definition) is 6. The number of thiazole rings is 1. The van der Waals surface area contributed by atoms with Gasteiger partial charge in [-0.3, -0.25) is 9.89 Å². The van der Waals surface area contributed by atoms with Crippen LogP contribution in [0.2, 0.25) is 0 Å². The van der Waals surface area contributed by atoms with Crippen LogP contribution in [0, 0.1) is 0 Å². The molecule has 0 aliphatic carbocycles. The lowest BCUT2D eigenvalue weighted by Gasteiger charge is -2.03. The lowest BCUT2D eigenvalue weighted by atomic mass is 10.2. The maximum atomic E-state index is 12.0. The Morgan fingerprint density at radius 1 is 1.30 bits per heavy atom. The smallest absolute Gasteiger partial charge is 0.270 e. The second-order valence-corrected chi connectivity index (χ2v) is 6.63. The summed E-state index contributed by atoms with van der Waals surface area (Å²) in [5.74, 6) is 2.22. The number of H-pyrrole nitrogens is 1. The maximum Gasteiger partial charge on any atom is 0.270 e. The Kier molecular flexibility index (Phi) is 5.38. The Bertz CT molecular complexity index is 742. The molecule has 3 rings (SSSR count). The van der Waals surface area contributed by atoms with E-state index in [4.69, 9.17) is 0 Å². The lowest BCUT2D eigenvalue weighted by Crippen LogP contribution is -2.26. The number of nitrogens with one attached hydrogen (secondary N) is 2. The average Bonchev–Trinajstić information content (AvgIpc) is 3.26. The molecule has 0 unspecified atom stereocenters. The van der Waals surface area contributed by atoms with E-state index in [-0.39, 0.29) is 5.91 Å². The van der Waals surface area contributed by atoms with Crippen molar-refractivity contribution in [2.24, 2.45) is 0 Å². The Labute approximate surface area is 141 Å². The number of nitrogens with zero attached hydrogens (tertiary/aromatic N) is 3. The fraction of sp³-hybridized carbons (Fsp3) is 0.200. The van der Waals surface area contributed by atoms with Crippen LogP contribution in [0.3, 0.4) is 0 Å². The van der Waals surface area contributed by atoms with Gasteiger partial charge in [0.05, 0.1) is 0 Å². The van der Waals surface area contributed by atoms with Crippen LogP contribution in [-0.2, 0) is 5.75 Å². The summed E-state index contributed by atoms with van der Waals surface area (Å²) >= 11 is 3.16. The highest BCUT2D eigenvalue weighted by atomic mass is 32.2. The summed E-state index contributed by atoms with van der Waals surface area (Å²) < 4.78 is 0. The predicted octanol–water partition coefficient (Wildman–Crippen LogP) is 2.59. The highest BCUT2D eigenvalue weighted by Gasteiger charge is 2.12. The van der Waals surface area contributed by atoms with Crippen LogP contribution in [0.5, 0.6) is 0 Å². The van der Waals surface area contributed by atoms with Crippen LogP contribution >= 0.6 is 23.1 Å². The topological polar surface area (TPSA) is 83.6 Å². The number of benzene rings is 1. The van der Waals surface area contributed by atoms with Gasteiger partial charge in [0.2, 0.25) is 0 Å². The molecule has 1 amide bonds. The van der Waals surface area contributed by atoms with Gasteiger partial charge in [-0.15, -0.1) is 11.3 Å². The lowest BCUT2D eigenvalue weighted by molar-refractivity contribution is 0.0952. The Hall–Kier alpha value is -2.19. The maximum absolute atomic E-state index is 12.0. The van der Waals surface area contributed by atoms with Crippen molar-refractivity contribution < 1.29 is 4.79 Å². The van der Waals surface area contributed by atoms with Crippen LogP contribution in [0.15, 0.2) is 42.0 Å². The van der Waals surface area contributed by atoms with E-state index in [9.17, 15) is 4.79 Å². The van der Waals surface area contributed by atoms with Crippen molar-refractivity contribution in [1.29, 1.82) is 0 Å². The zero-order chi connectivity index (χ0) is 15.9. The molecule has 2 heterocycles. The third-order valence-electron chi connectivity index (χ3n) is 3.00. The molecule has 2 N–H and O–H groups in total. The molecule has 0 aliphatic rings. The summed E-state index contributed by atoms with van der Waals surface area (Å²) in [6.45, 7) is 0.617. The number of aromatic nitrogens is 4. The minimum Gasteiger partial charge on any atom is -0.350 e. The van der Waals surface area contributed by atoms with Crippen molar-refractivity contribution >= 4 is 29.0 Å². The van der Waals surface area contributed by atoms with Crippen LogP contribution < -0.4 is 5.32 Å². The molecule has 2 aromatic heterocycles. The van der Waals surface area contributed by atoms with Crippen molar-refractivity contribution in [3.8, 4) is 10.8 Å². The molecular formula is C15H15N5OS2. The first-order valence-corrected chi connectivity index (χ1v) is 9.07. The molecule has 3 aromatic rings. The normalized spacial score (nSPS) is 10.6. The van der Waals surface area contributed by atoms with Gasteiger partial charge in [0, 0.05) is 23.4 Å². The summed E-state index contributed by atoms with van der Waals surface area (Å²) in [6, 6.07) is 10.3. The molecule has 0 radical (unpaired) electrons. The third kappa shape index (κ3) is 4.40. The fourth-order valence-corrected chi connectivity index (χ4v) is 3.45. The van der Waals surface area contributed by atoms with Gasteiger partial charge >= 0.3 is 0 Å². The molecule has 0 atom stereocenters. The Morgan fingerprint density at radius 3 is 2.96 bits per heavy atom. The van der Waals surface area contributed by atoms with Crippen molar-refractivity contribution in [3.63, 3.8) is 0 Å². The molecule has 23 heavy (non-hydrogen) atoms. The predicted molar refractivity (Wildman–Crippen MR) is 92.4 cm³/mol. The quantitative estimate of drug-likeness (QED) is 0.643. The first-order valence-electron chi connectivity index (χ1n) is 7.04. The average molecular weight is 345 g/mol. The summed E-state index contributed by atoms with van der Waals surface area (Å²) in [5, 5.41) is 11.8. The van der Waals surface area contributed by atoms with Crippen LogP contribution in [0.4, 0.5) is 0 Å². The molecule has 0 bridgehead atoms. The fourth-order valence-electron chi connectivity index (χ4n) is 1.89.